The first-order valence-electron chi connectivity index (χ1n) is 6.52. The van der Waals surface area contributed by atoms with Crippen LogP contribution in [0.25, 0.3) is 0 Å². The van der Waals surface area contributed by atoms with Gasteiger partial charge in [0.2, 0.25) is 0 Å². The number of rotatable bonds is 3. The van der Waals surface area contributed by atoms with E-state index in [1.54, 1.807) is 6.07 Å². The van der Waals surface area contributed by atoms with Gasteiger partial charge in [-0.15, -0.1) is 0 Å². The zero-order valence-electron chi connectivity index (χ0n) is 11.8. The fourth-order valence-corrected chi connectivity index (χ4v) is 2.46. The molecule has 0 saturated carbocycles. The third-order valence-electron chi connectivity index (χ3n) is 3.07. The molecule has 0 unspecified atom stereocenters. The van der Waals surface area contributed by atoms with Gasteiger partial charge in [0.05, 0.1) is 10.0 Å². The van der Waals surface area contributed by atoms with Crippen LogP contribution < -0.4 is 10.6 Å². The first-order valence-corrected chi connectivity index (χ1v) is 7.68. The number of nitrogens with one attached hydrogen (secondary N) is 2. The zero-order valence-corrected chi connectivity index (χ0v) is 14.2. The smallest absolute Gasteiger partial charge is 0.171 e. The molecule has 0 bridgehead atoms. The summed E-state index contributed by atoms with van der Waals surface area (Å²) in [4.78, 5) is 0. The lowest BCUT2D eigenvalue weighted by atomic mass is 10.1. The van der Waals surface area contributed by atoms with Crippen LogP contribution in [-0.2, 0) is 6.54 Å². The Labute approximate surface area is 140 Å². The molecule has 0 saturated heterocycles. The second-order valence-corrected chi connectivity index (χ2v) is 6.10. The quantitative estimate of drug-likeness (QED) is 0.761. The molecule has 0 amide bonds. The number of hydrogen-bond donors (Lipinski definition) is 2. The Balaban J connectivity index is 1.94. The highest BCUT2D eigenvalue weighted by Gasteiger charge is 2.03. The number of hydrogen-bond acceptors (Lipinski definition) is 1. The molecule has 2 rings (SSSR count). The van der Waals surface area contributed by atoms with Gasteiger partial charge in [0, 0.05) is 12.2 Å². The molecule has 0 spiro atoms. The summed E-state index contributed by atoms with van der Waals surface area (Å²) < 4.78 is 0. The molecule has 110 valence electrons. The van der Waals surface area contributed by atoms with Crippen molar-refractivity contribution in [1.29, 1.82) is 0 Å². The summed E-state index contributed by atoms with van der Waals surface area (Å²) in [6, 6.07) is 11.7. The standard InChI is InChI=1S/C16H16Cl2N2S/c1-10-3-6-15(11(2)7-10)20-16(21)19-9-12-4-5-13(17)14(18)8-12/h3-8H,9H2,1-2H3,(H2,19,20,21). The second-order valence-electron chi connectivity index (χ2n) is 4.87. The predicted molar refractivity (Wildman–Crippen MR) is 95.4 cm³/mol. The van der Waals surface area contributed by atoms with E-state index in [1.807, 2.05) is 18.2 Å². The predicted octanol–water partition coefficient (Wildman–Crippen LogP) is 5.10. The Morgan fingerprint density at radius 1 is 1.05 bits per heavy atom. The largest absolute Gasteiger partial charge is 0.358 e. The maximum atomic E-state index is 5.99. The molecule has 0 atom stereocenters. The van der Waals surface area contributed by atoms with Gasteiger partial charge in [-0.3, -0.25) is 0 Å². The Hall–Kier alpha value is -1.29. The van der Waals surface area contributed by atoms with Crippen LogP contribution in [0.3, 0.4) is 0 Å². The molecule has 0 aliphatic rings. The molecule has 2 N–H and O–H groups in total. The number of thiocarbonyl (C=S) groups is 1. The zero-order chi connectivity index (χ0) is 15.4. The summed E-state index contributed by atoms with van der Waals surface area (Å²) in [7, 11) is 0. The maximum absolute atomic E-state index is 5.99. The maximum Gasteiger partial charge on any atom is 0.171 e. The monoisotopic (exact) mass is 338 g/mol. The van der Waals surface area contributed by atoms with Crippen molar-refractivity contribution in [2.75, 3.05) is 5.32 Å². The summed E-state index contributed by atoms with van der Waals surface area (Å²) >= 11 is 17.2. The van der Waals surface area contributed by atoms with Gasteiger partial charge in [0.1, 0.15) is 0 Å². The fraction of sp³-hybridized carbons (Fsp3) is 0.188. The van der Waals surface area contributed by atoms with Gasteiger partial charge in [-0.2, -0.15) is 0 Å². The first-order chi connectivity index (χ1) is 9.95. The minimum Gasteiger partial charge on any atom is -0.358 e. The lowest BCUT2D eigenvalue weighted by Crippen LogP contribution is -2.28. The Bertz CT molecular complexity index is 671. The molecule has 0 aliphatic carbocycles. The van der Waals surface area contributed by atoms with E-state index in [0.29, 0.717) is 21.7 Å². The molecule has 21 heavy (non-hydrogen) atoms. The molecule has 0 fully saturated rings. The summed E-state index contributed by atoms with van der Waals surface area (Å²) in [6.07, 6.45) is 0. The average molecular weight is 339 g/mol. The van der Waals surface area contributed by atoms with Crippen LogP contribution in [0.2, 0.25) is 10.0 Å². The van der Waals surface area contributed by atoms with Gasteiger partial charge in [0.25, 0.3) is 0 Å². The van der Waals surface area contributed by atoms with Crippen molar-refractivity contribution in [3.05, 3.63) is 63.1 Å². The van der Waals surface area contributed by atoms with Gasteiger partial charge in [-0.25, -0.2) is 0 Å². The lowest BCUT2D eigenvalue weighted by Gasteiger charge is -2.13. The van der Waals surface area contributed by atoms with Crippen LogP contribution in [0.5, 0.6) is 0 Å². The van der Waals surface area contributed by atoms with Crippen molar-refractivity contribution in [1.82, 2.24) is 5.32 Å². The van der Waals surface area contributed by atoms with Crippen molar-refractivity contribution in [2.45, 2.75) is 20.4 Å². The lowest BCUT2D eigenvalue weighted by molar-refractivity contribution is 0.926. The Kier molecular flexibility index (Phi) is 5.45. The van der Waals surface area contributed by atoms with Crippen molar-refractivity contribution >= 4 is 46.2 Å². The van der Waals surface area contributed by atoms with Gasteiger partial charge in [0.15, 0.2) is 5.11 Å². The van der Waals surface area contributed by atoms with Crippen LogP contribution in [0, 0.1) is 13.8 Å². The summed E-state index contributed by atoms with van der Waals surface area (Å²) in [6.45, 7) is 4.71. The van der Waals surface area contributed by atoms with Crippen LogP contribution in [0.4, 0.5) is 5.69 Å². The molecular formula is C16H16Cl2N2S. The van der Waals surface area contributed by atoms with Gasteiger partial charge >= 0.3 is 0 Å². The van der Waals surface area contributed by atoms with E-state index in [1.165, 1.54) is 5.56 Å². The van der Waals surface area contributed by atoms with Crippen LogP contribution in [0.1, 0.15) is 16.7 Å². The highest BCUT2D eigenvalue weighted by molar-refractivity contribution is 7.80. The molecule has 5 heteroatoms. The minimum absolute atomic E-state index is 0.546. The number of aryl methyl sites for hydroxylation is 2. The number of anilines is 1. The van der Waals surface area contributed by atoms with E-state index in [9.17, 15) is 0 Å². The van der Waals surface area contributed by atoms with E-state index in [4.69, 9.17) is 35.4 Å². The number of benzene rings is 2. The van der Waals surface area contributed by atoms with Crippen LogP contribution >= 0.6 is 35.4 Å². The fourth-order valence-electron chi connectivity index (χ4n) is 1.95. The Morgan fingerprint density at radius 2 is 1.81 bits per heavy atom. The highest BCUT2D eigenvalue weighted by Crippen LogP contribution is 2.22. The van der Waals surface area contributed by atoms with E-state index in [-0.39, 0.29) is 0 Å². The summed E-state index contributed by atoms with van der Waals surface area (Å²) in [5, 5.41) is 8.02. The van der Waals surface area contributed by atoms with Crippen molar-refractivity contribution in [2.24, 2.45) is 0 Å². The van der Waals surface area contributed by atoms with Crippen molar-refractivity contribution in [3.63, 3.8) is 0 Å². The second kappa shape index (κ2) is 7.12. The van der Waals surface area contributed by atoms with Gasteiger partial charge < -0.3 is 10.6 Å². The summed E-state index contributed by atoms with van der Waals surface area (Å²) in [5.41, 5.74) is 4.42. The topological polar surface area (TPSA) is 24.1 Å². The first kappa shape index (κ1) is 16.1. The van der Waals surface area contributed by atoms with Crippen LogP contribution in [-0.4, -0.2) is 5.11 Å². The molecule has 0 radical (unpaired) electrons. The van der Waals surface area contributed by atoms with E-state index < -0.39 is 0 Å². The van der Waals surface area contributed by atoms with Gasteiger partial charge in [-0.1, -0.05) is 47.0 Å². The van der Waals surface area contributed by atoms with E-state index in [2.05, 4.69) is 36.6 Å². The molecule has 2 aromatic rings. The molecule has 2 aromatic carbocycles. The third kappa shape index (κ3) is 4.60. The van der Waals surface area contributed by atoms with E-state index in [0.717, 1.165) is 16.8 Å². The molecule has 0 heterocycles. The SMILES string of the molecule is Cc1ccc(NC(=S)NCc2ccc(Cl)c(Cl)c2)c(C)c1. The molecule has 2 nitrogen and oxygen atoms in total. The third-order valence-corrected chi connectivity index (χ3v) is 4.05. The van der Waals surface area contributed by atoms with Crippen molar-refractivity contribution in [3.8, 4) is 0 Å². The normalized spacial score (nSPS) is 10.3. The van der Waals surface area contributed by atoms with Gasteiger partial charge in [-0.05, 0) is 55.4 Å². The number of halogens is 2. The van der Waals surface area contributed by atoms with E-state index >= 15 is 0 Å². The molecule has 0 aliphatic heterocycles. The summed E-state index contributed by atoms with van der Waals surface area (Å²) in [5.74, 6) is 0. The average Bonchev–Trinajstić information content (AvgIpc) is 2.43. The van der Waals surface area contributed by atoms with Crippen molar-refractivity contribution < 1.29 is 0 Å². The van der Waals surface area contributed by atoms with Crippen LogP contribution in [0.15, 0.2) is 36.4 Å². The highest BCUT2D eigenvalue weighted by atomic mass is 35.5. The minimum atomic E-state index is 0.546. The Morgan fingerprint density at radius 3 is 2.48 bits per heavy atom. The molecule has 0 aromatic heterocycles. The molecular weight excluding hydrogens is 323 g/mol.